The first-order chi connectivity index (χ1) is 13.5. The van der Waals surface area contributed by atoms with Crippen LogP contribution in [0.15, 0.2) is 72.8 Å². The zero-order chi connectivity index (χ0) is 20.1. The van der Waals surface area contributed by atoms with Gasteiger partial charge in [-0.05, 0) is 55.2 Å². The second-order valence-electron chi connectivity index (χ2n) is 6.89. The number of benzene rings is 3. The van der Waals surface area contributed by atoms with E-state index in [2.05, 4.69) is 5.32 Å². The van der Waals surface area contributed by atoms with Gasteiger partial charge in [-0.3, -0.25) is 4.79 Å². The molecular formula is C24H24ClNO2. The normalized spacial score (nSPS) is 11.9. The van der Waals surface area contributed by atoms with Gasteiger partial charge in [-0.1, -0.05) is 72.3 Å². The molecule has 3 rings (SSSR count). The number of rotatable bonds is 6. The summed E-state index contributed by atoms with van der Waals surface area (Å²) in [5, 5.41) is 3.84. The van der Waals surface area contributed by atoms with Crippen LogP contribution >= 0.6 is 11.6 Å². The summed E-state index contributed by atoms with van der Waals surface area (Å²) in [7, 11) is 0. The van der Waals surface area contributed by atoms with Gasteiger partial charge in [0.05, 0.1) is 6.04 Å². The molecule has 0 saturated carbocycles. The first-order valence-electron chi connectivity index (χ1n) is 9.29. The number of nitrogens with one attached hydrogen (secondary N) is 1. The minimum absolute atomic E-state index is 0.178. The van der Waals surface area contributed by atoms with Gasteiger partial charge in [-0.25, -0.2) is 0 Å². The molecule has 0 saturated heterocycles. The van der Waals surface area contributed by atoms with E-state index in [4.69, 9.17) is 16.3 Å². The summed E-state index contributed by atoms with van der Waals surface area (Å²) < 4.78 is 5.89. The monoisotopic (exact) mass is 393 g/mol. The van der Waals surface area contributed by atoms with Gasteiger partial charge in [0.15, 0.2) is 6.10 Å². The number of hydrogen-bond donors (Lipinski definition) is 1. The maximum Gasteiger partial charge on any atom is 0.261 e. The summed E-state index contributed by atoms with van der Waals surface area (Å²) in [6.07, 6.45) is -0.644. The molecule has 28 heavy (non-hydrogen) atoms. The molecule has 0 fully saturated rings. The third-order valence-corrected chi connectivity index (χ3v) is 5.24. The summed E-state index contributed by atoms with van der Waals surface area (Å²) in [6, 6.07) is 23.3. The van der Waals surface area contributed by atoms with E-state index in [0.29, 0.717) is 5.75 Å². The fourth-order valence-electron chi connectivity index (χ4n) is 3.14. The Labute approximate surface area is 171 Å². The van der Waals surface area contributed by atoms with Crippen LogP contribution in [-0.2, 0) is 4.79 Å². The second-order valence-corrected chi connectivity index (χ2v) is 7.27. The third-order valence-electron chi connectivity index (χ3n) is 4.64. The molecule has 1 unspecified atom stereocenters. The zero-order valence-electron chi connectivity index (χ0n) is 16.3. The molecule has 144 valence electrons. The molecule has 0 bridgehead atoms. The van der Waals surface area contributed by atoms with Crippen LogP contribution < -0.4 is 10.1 Å². The molecule has 0 spiro atoms. The summed E-state index contributed by atoms with van der Waals surface area (Å²) in [4.78, 5) is 12.9. The second kappa shape index (κ2) is 8.94. The van der Waals surface area contributed by atoms with Crippen molar-refractivity contribution < 1.29 is 9.53 Å². The number of hydrogen-bond acceptors (Lipinski definition) is 2. The van der Waals surface area contributed by atoms with Crippen molar-refractivity contribution in [3.8, 4) is 5.75 Å². The van der Waals surface area contributed by atoms with Gasteiger partial charge in [-0.2, -0.15) is 0 Å². The smallest absolute Gasteiger partial charge is 0.261 e. The largest absolute Gasteiger partial charge is 0.481 e. The van der Waals surface area contributed by atoms with Crippen molar-refractivity contribution in [2.75, 3.05) is 0 Å². The topological polar surface area (TPSA) is 38.3 Å². The van der Waals surface area contributed by atoms with E-state index < -0.39 is 6.10 Å². The molecule has 3 aromatic rings. The number of carbonyl (C=O) groups excluding carboxylic acids is 1. The molecule has 0 aliphatic carbocycles. The van der Waals surface area contributed by atoms with Gasteiger partial charge < -0.3 is 10.1 Å². The lowest BCUT2D eigenvalue weighted by atomic mass is 9.98. The van der Waals surface area contributed by atoms with Crippen molar-refractivity contribution in [2.45, 2.75) is 32.9 Å². The van der Waals surface area contributed by atoms with Crippen molar-refractivity contribution in [2.24, 2.45) is 0 Å². The zero-order valence-corrected chi connectivity index (χ0v) is 17.0. The van der Waals surface area contributed by atoms with Crippen LogP contribution in [0, 0.1) is 13.8 Å². The molecule has 0 aliphatic heterocycles. The minimum atomic E-state index is -0.644. The predicted molar refractivity (Wildman–Crippen MR) is 114 cm³/mol. The van der Waals surface area contributed by atoms with Crippen LogP contribution in [-0.4, -0.2) is 12.0 Å². The lowest BCUT2D eigenvalue weighted by Crippen LogP contribution is -2.39. The van der Waals surface area contributed by atoms with Crippen LogP contribution in [0.3, 0.4) is 0 Å². The van der Waals surface area contributed by atoms with Gasteiger partial charge in [0.2, 0.25) is 0 Å². The fraction of sp³-hybridized carbons (Fsp3) is 0.208. The van der Waals surface area contributed by atoms with Gasteiger partial charge in [-0.15, -0.1) is 0 Å². The van der Waals surface area contributed by atoms with Crippen LogP contribution in [0.25, 0.3) is 0 Å². The summed E-state index contributed by atoms with van der Waals surface area (Å²) in [5.74, 6) is 0.459. The van der Waals surface area contributed by atoms with Crippen LogP contribution in [0.4, 0.5) is 0 Å². The molecule has 1 N–H and O–H groups in total. The van der Waals surface area contributed by atoms with Gasteiger partial charge >= 0.3 is 0 Å². The Morgan fingerprint density at radius 3 is 1.82 bits per heavy atom. The van der Waals surface area contributed by atoms with Crippen molar-refractivity contribution >= 4 is 17.5 Å². The molecular weight excluding hydrogens is 370 g/mol. The Balaban J connectivity index is 1.78. The lowest BCUT2D eigenvalue weighted by Gasteiger charge is -2.23. The van der Waals surface area contributed by atoms with E-state index >= 15 is 0 Å². The van der Waals surface area contributed by atoms with E-state index in [-0.39, 0.29) is 11.9 Å². The maximum absolute atomic E-state index is 12.9. The molecule has 0 aliphatic rings. The number of aryl methyl sites for hydroxylation is 2. The van der Waals surface area contributed by atoms with Crippen molar-refractivity contribution in [3.05, 3.63) is 100 Å². The molecule has 4 heteroatoms. The van der Waals surface area contributed by atoms with Crippen molar-refractivity contribution in [1.29, 1.82) is 0 Å². The first kappa shape index (κ1) is 20.0. The lowest BCUT2D eigenvalue weighted by molar-refractivity contribution is -0.127. The van der Waals surface area contributed by atoms with E-state index in [1.165, 1.54) is 0 Å². The number of halogens is 1. The van der Waals surface area contributed by atoms with Crippen LogP contribution in [0.1, 0.15) is 35.2 Å². The first-order valence-corrected chi connectivity index (χ1v) is 9.67. The molecule has 0 heterocycles. The Morgan fingerprint density at radius 2 is 1.36 bits per heavy atom. The standard InChI is InChI=1S/C24H24ClNO2/c1-16-14-21(15-17(2)22(16)25)28-18(3)24(27)26-23(19-10-6-4-7-11-19)20-12-8-5-9-13-20/h4-15,18,23H,1-3H3,(H,26,27). The van der Waals surface area contributed by atoms with E-state index in [1.807, 2.05) is 86.6 Å². The highest BCUT2D eigenvalue weighted by atomic mass is 35.5. The van der Waals surface area contributed by atoms with Gasteiger partial charge in [0.1, 0.15) is 5.75 Å². The molecule has 3 aromatic carbocycles. The fourth-order valence-corrected chi connectivity index (χ4v) is 3.25. The minimum Gasteiger partial charge on any atom is -0.481 e. The number of ether oxygens (including phenoxy) is 1. The summed E-state index contributed by atoms with van der Waals surface area (Å²) in [6.45, 7) is 5.60. The average Bonchev–Trinajstić information content (AvgIpc) is 2.71. The number of amides is 1. The van der Waals surface area contributed by atoms with E-state index in [9.17, 15) is 4.79 Å². The molecule has 0 radical (unpaired) electrons. The Bertz CT molecular complexity index is 879. The molecule has 3 nitrogen and oxygen atoms in total. The highest BCUT2D eigenvalue weighted by Crippen LogP contribution is 2.27. The van der Waals surface area contributed by atoms with Gasteiger partial charge in [0, 0.05) is 5.02 Å². The SMILES string of the molecule is Cc1cc(OC(C)C(=O)NC(c2ccccc2)c2ccccc2)cc(C)c1Cl. The van der Waals surface area contributed by atoms with Gasteiger partial charge in [0.25, 0.3) is 5.91 Å². The molecule has 0 aromatic heterocycles. The highest BCUT2D eigenvalue weighted by molar-refractivity contribution is 6.32. The molecule has 1 atom stereocenters. The third kappa shape index (κ3) is 4.73. The Morgan fingerprint density at radius 1 is 0.893 bits per heavy atom. The quantitative estimate of drug-likeness (QED) is 0.589. The summed E-state index contributed by atoms with van der Waals surface area (Å²) >= 11 is 6.22. The van der Waals surface area contributed by atoms with E-state index in [1.54, 1.807) is 6.92 Å². The average molecular weight is 394 g/mol. The molecule has 1 amide bonds. The highest BCUT2D eigenvalue weighted by Gasteiger charge is 2.22. The van der Waals surface area contributed by atoms with Crippen LogP contribution in [0.5, 0.6) is 5.75 Å². The van der Waals surface area contributed by atoms with E-state index in [0.717, 1.165) is 27.3 Å². The Hall–Kier alpha value is -2.78. The van der Waals surface area contributed by atoms with Crippen molar-refractivity contribution in [1.82, 2.24) is 5.32 Å². The predicted octanol–water partition coefficient (Wildman–Crippen LogP) is 5.63. The maximum atomic E-state index is 12.9. The summed E-state index contributed by atoms with van der Waals surface area (Å²) in [5.41, 5.74) is 3.89. The van der Waals surface area contributed by atoms with Crippen LogP contribution in [0.2, 0.25) is 5.02 Å². The van der Waals surface area contributed by atoms with Crippen molar-refractivity contribution in [3.63, 3.8) is 0 Å². The number of carbonyl (C=O) groups is 1. The Kier molecular flexibility index (Phi) is 6.37.